The molecule has 0 spiro atoms. The Bertz CT molecular complexity index is 932. The van der Waals surface area contributed by atoms with E-state index in [1.54, 1.807) is 18.2 Å². The van der Waals surface area contributed by atoms with Crippen LogP contribution < -0.4 is 15.4 Å². The molecule has 0 unspecified atom stereocenters. The summed E-state index contributed by atoms with van der Waals surface area (Å²) in [5.74, 6) is 0.234. The van der Waals surface area contributed by atoms with Crippen LogP contribution in [0.1, 0.15) is 0 Å². The van der Waals surface area contributed by atoms with E-state index in [1.807, 2.05) is 24.3 Å². The van der Waals surface area contributed by atoms with Crippen LogP contribution >= 0.6 is 46.8 Å². The molecule has 0 saturated heterocycles. The molecule has 1 aromatic heterocycles. The van der Waals surface area contributed by atoms with E-state index >= 15 is 0 Å². The van der Waals surface area contributed by atoms with Crippen molar-refractivity contribution in [3.05, 3.63) is 52.5 Å². The van der Waals surface area contributed by atoms with Gasteiger partial charge in [0.05, 0.1) is 14.7 Å². The van der Waals surface area contributed by atoms with Crippen molar-refractivity contribution in [1.82, 2.24) is 10.3 Å². The second-order valence-electron chi connectivity index (χ2n) is 4.83. The number of ether oxygens (including phenoxy) is 1. The van der Waals surface area contributed by atoms with Crippen molar-refractivity contribution < 1.29 is 9.53 Å². The van der Waals surface area contributed by atoms with E-state index < -0.39 is 0 Å². The highest BCUT2D eigenvalue weighted by Gasteiger charge is 2.12. The van der Waals surface area contributed by atoms with Crippen LogP contribution in [-0.2, 0) is 4.79 Å². The first-order valence-electron chi connectivity index (χ1n) is 7.06. The largest absolute Gasteiger partial charge is 0.484 e. The van der Waals surface area contributed by atoms with Gasteiger partial charge < -0.3 is 10.1 Å². The maximum atomic E-state index is 11.9. The van der Waals surface area contributed by atoms with Crippen LogP contribution in [0.5, 0.6) is 5.75 Å². The van der Waals surface area contributed by atoms with E-state index in [0.29, 0.717) is 26.4 Å². The molecule has 0 bridgehead atoms. The first-order chi connectivity index (χ1) is 12.0. The van der Waals surface area contributed by atoms with Gasteiger partial charge in [-0.3, -0.25) is 10.1 Å². The summed E-state index contributed by atoms with van der Waals surface area (Å²) in [4.78, 5) is 16.2. The first-order valence-corrected chi connectivity index (χ1v) is 9.04. The summed E-state index contributed by atoms with van der Waals surface area (Å²) in [5, 5.41) is 6.84. The number of fused-ring (bicyclic) bond motifs is 1. The van der Waals surface area contributed by atoms with Crippen LogP contribution in [0.15, 0.2) is 42.5 Å². The number of thiazole rings is 1. The average molecular weight is 412 g/mol. The Morgan fingerprint density at radius 3 is 2.72 bits per heavy atom. The lowest BCUT2D eigenvalue weighted by Crippen LogP contribution is -2.37. The van der Waals surface area contributed by atoms with Gasteiger partial charge in [0.25, 0.3) is 5.91 Å². The SMILES string of the molecule is O=C(COc1ccccc1)NC(=S)Nc1nc2c(Cl)c(Cl)ccc2s1. The monoisotopic (exact) mass is 411 g/mol. The number of nitrogens with one attached hydrogen (secondary N) is 2. The number of halogens is 2. The maximum Gasteiger partial charge on any atom is 0.264 e. The Balaban J connectivity index is 1.57. The maximum absolute atomic E-state index is 11.9. The fraction of sp³-hybridized carbons (Fsp3) is 0.0625. The van der Waals surface area contributed by atoms with E-state index in [4.69, 9.17) is 40.2 Å². The van der Waals surface area contributed by atoms with Gasteiger partial charge in [0.15, 0.2) is 16.9 Å². The molecule has 9 heteroatoms. The van der Waals surface area contributed by atoms with Gasteiger partial charge in [0.2, 0.25) is 0 Å². The fourth-order valence-corrected chi connectivity index (χ4v) is 3.52. The summed E-state index contributed by atoms with van der Waals surface area (Å²) in [6.45, 7) is -0.146. The summed E-state index contributed by atoms with van der Waals surface area (Å²) < 4.78 is 6.21. The van der Waals surface area contributed by atoms with E-state index in [-0.39, 0.29) is 17.6 Å². The summed E-state index contributed by atoms with van der Waals surface area (Å²) in [7, 11) is 0. The molecule has 0 atom stereocenters. The topological polar surface area (TPSA) is 63.2 Å². The average Bonchev–Trinajstić information content (AvgIpc) is 3.00. The molecular formula is C16H11Cl2N3O2S2. The van der Waals surface area contributed by atoms with Crippen LogP contribution in [0.25, 0.3) is 10.2 Å². The number of para-hydroxylation sites is 1. The second kappa shape index (κ2) is 7.97. The number of hydrogen-bond donors (Lipinski definition) is 2. The lowest BCUT2D eigenvalue weighted by Gasteiger charge is -2.08. The highest BCUT2D eigenvalue weighted by molar-refractivity contribution is 7.80. The van der Waals surface area contributed by atoms with E-state index in [0.717, 1.165) is 4.70 Å². The molecule has 128 valence electrons. The van der Waals surface area contributed by atoms with Crippen molar-refractivity contribution in [3.8, 4) is 5.75 Å². The predicted octanol–water partition coefficient (Wildman–Crippen LogP) is 4.50. The summed E-state index contributed by atoms with van der Waals surface area (Å²) >= 11 is 18.6. The number of anilines is 1. The van der Waals surface area contributed by atoms with Crippen LogP contribution in [0.2, 0.25) is 10.0 Å². The molecule has 0 aliphatic carbocycles. The van der Waals surface area contributed by atoms with E-state index in [1.165, 1.54) is 11.3 Å². The lowest BCUT2D eigenvalue weighted by atomic mass is 10.3. The van der Waals surface area contributed by atoms with Crippen LogP contribution in [0.4, 0.5) is 5.13 Å². The Kier molecular flexibility index (Phi) is 5.70. The molecule has 0 radical (unpaired) electrons. The quantitative estimate of drug-likeness (QED) is 0.618. The van der Waals surface area contributed by atoms with Gasteiger partial charge in [-0.2, -0.15) is 0 Å². The minimum Gasteiger partial charge on any atom is -0.484 e. The number of aromatic nitrogens is 1. The molecule has 1 heterocycles. The zero-order chi connectivity index (χ0) is 17.8. The Labute approximate surface area is 162 Å². The number of hydrogen-bond acceptors (Lipinski definition) is 5. The second-order valence-corrected chi connectivity index (χ2v) is 7.06. The number of thiocarbonyl (C=S) groups is 1. The molecule has 5 nitrogen and oxygen atoms in total. The third-order valence-electron chi connectivity index (χ3n) is 3.04. The predicted molar refractivity (Wildman–Crippen MR) is 106 cm³/mol. The minimum absolute atomic E-state index is 0.128. The molecule has 25 heavy (non-hydrogen) atoms. The third-order valence-corrected chi connectivity index (χ3v) is 4.97. The first kappa shape index (κ1) is 17.9. The highest BCUT2D eigenvalue weighted by Crippen LogP contribution is 2.35. The third kappa shape index (κ3) is 4.58. The van der Waals surface area contributed by atoms with Gasteiger partial charge in [0, 0.05) is 0 Å². The minimum atomic E-state index is -0.372. The molecule has 0 saturated carbocycles. The zero-order valence-corrected chi connectivity index (χ0v) is 15.7. The summed E-state index contributed by atoms with van der Waals surface area (Å²) in [6, 6.07) is 12.6. The van der Waals surface area contributed by atoms with Crippen molar-refractivity contribution in [2.45, 2.75) is 0 Å². The van der Waals surface area contributed by atoms with Crippen molar-refractivity contribution in [3.63, 3.8) is 0 Å². The molecular weight excluding hydrogens is 401 g/mol. The van der Waals surface area contributed by atoms with Crippen LogP contribution in [0, 0.1) is 0 Å². The standard InChI is InChI=1S/C16H11Cl2N3O2S2/c17-10-6-7-11-14(13(10)18)20-16(25-11)21-15(24)19-12(22)8-23-9-4-2-1-3-5-9/h1-7H,8H2,(H2,19,20,21,22,24). The smallest absolute Gasteiger partial charge is 0.264 e. The zero-order valence-electron chi connectivity index (χ0n) is 12.6. The summed E-state index contributed by atoms with van der Waals surface area (Å²) in [6.07, 6.45) is 0. The van der Waals surface area contributed by atoms with Gasteiger partial charge in [-0.05, 0) is 36.5 Å². The van der Waals surface area contributed by atoms with Crippen molar-refractivity contribution in [1.29, 1.82) is 0 Å². The molecule has 3 aromatic rings. The fourth-order valence-electron chi connectivity index (χ4n) is 1.95. The van der Waals surface area contributed by atoms with E-state index in [2.05, 4.69) is 15.6 Å². The number of nitrogens with zero attached hydrogens (tertiary/aromatic N) is 1. The molecule has 0 aliphatic rings. The Hall–Kier alpha value is -1.93. The summed E-state index contributed by atoms with van der Waals surface area (Å²) in [5.41, 5.74) is 0.586. The number of carbonyl (C=O) groups excluding carboxylic acids is 1. The van der Waals surface area contributed by atoms with Gasteiger partial charge in [-0.15, -0.1) is 0 Å². The van der Waals surface area contributed by atoms with Crippen LogP contribution in [0.3, 0.4) is 0 Å². The Morgan fingerprint density at radius 2 is 1.96 bits per heavy atom. The number of benzene rings is 2. The van der Waals surface area contributed by atoms with Crippen LogP contribution in [-0.4, -0.2) is 22.6 Å². The van der Waals surface area contributed by atoms with Crippen molar-refractivity contribution in [2.75, 3.05) is 11.9 Å². The molecule has 0 fully saturated rings. The van der Waals surface area contributed by atoms with E-state index in [9.17, 15) is 4.79 Å². The molecule has 2 aromatic carbocycles. The van der Waals surface area contributed by atoms with Crippen molar-refractivity contribution in [2.24, 2.45) is 0 Å². The highest BCUT2D eigenvalue weighted by atomic mass is 35.5. The molecule has 2 N–H and O–H groups in total. The van der Waals surface area contributed by atoms with Crippen molar-refractivity contribution >= 4 is 73.1 Å². The molecule has 1 amide bonds. The normalized spacial score (nSPS) is 10.5. The lowest BCUT2D eigenvalue weighted by molar-refractivity contribution is -0.121. The van der Waals surface area contributed by atoms with Gasteiger partial charge >= 0.3 is 0 Å². The molecule has 3 rings (SSSR count). The number of rotatable bonds is 4. The van der Waals surface area contributed by atoms with Gasteiger partial charge in [-0.25, -0.2) is 4.98 Å². The van der Waals surface area contributed by atoms with Gasteiger partial charge in [0.1, 0.15) is 11.3 Å². The molecule has 0 aliphatic heterocycles. The van der Waals surface area contributed by atoms with Gasteiger partial charge in [-0.1, -0.05) is 52.7 Å². The Morgan fingerprint density at radius 1 is 1.20 bits per heavy atom. The number of carbonyl (C=O) groups is 1. The number of amides is 1.